The maximum atomic E-state index is 12.8. The largest absolute Gasteiger partial charge is 0.493 e. The number of nitrogens with zero attached hydrogens (tertiary/aromatic N) is 1. The molecule has 1 fully saturated rings. The van der Waals surface area contributed by atoms with Crippen molar-refractivity contribution in [3.63, 3.8) is 0 Å². The van der Waals surface area contributed by atoms with Crippen molar-refractivity contribution >= 4 is 17.3 Å². The third-order valence-corrected chi connectivity index (χ3v) is 4.29. The van der Waals surface area contributed by atoms with E-state index in [1.807, 2.05) is 38.1 Å². The molecule has 1 amide bonds. The maximum absolute atomic E-state index is 12.8. The molecule has 6 heteroatoms. The third-order valence-electron chi connectivity index (χ3n) is 4.29. The lowest BCUT2D eigenvalue weighted by molar-refractivity contribution is 0.102. The fourth-order valence-electron chi connectivity index (χ4n) is 3.01. The normalized spacial score (nSPS) is 14.1. The molecule has 1 heterocycles. The Labute approximate surface area is 160 Å². The van der Waals surface area contributed by atoms with Crippen LogP contribution >= 0.6 is 0 Å². The van der Waals surface area contributed by atoms with Crippen LogP contribution < -0.4 is 19.7 Å². The van der Waals surface area contributed by atoms with Crippen LogP contribution in [0.2, 0.25) is 0 Å². The lowest BCUT2D eigenvalue weighted by Crippen LogP contribution is -2.36. The zero-order chi connectivity index (χ0) is 19.2. The summed E-state index contributed by atoms with van der Waals surface area (Å²) in [5, 5.41) is 3.02. The first-order valence-corrected chi connectivity index (χ1v) is 9.16. The van der Waals surface area contributed by atoms with Gasteiger partial charge in [-0.05, 0) is 44.2 Å². The predicted octanol–water partition coefficient (Wildman–Crippen LogP) is 3.57. The molecule has 6 nitrogen and oxygen atoms in total. The van der Waals surface area contributed by atoms with Crippen molar-refractivity contribution in [1.29, 1.82) is 0 Å². The number of nitrogens with one attached hydrogen (secondary N) is 1. The number of morpholine rings is 1. The molecule has 2 aromatic rings. The molecule has 27 heavy (non-hydrogen) atoms. The first-order chi connectivity index (χ1) is 13.1. The summed E-state index contributed by atoms with van der Waals surface area (Å²) >= 11 is 0. The summed E-state index contributed by atoms with van der Waals surface area (Å²) in [6.45, 7) is 6.89. The van der Waals surface area contributed by atoms with Gasteiger partial charge in [-0.2, -0.15) is 0 Å². The zero-order valence-corrected chi connectivity index (χ0v) is 16.0. The van der Waals surface area contributed by atoms with Gasteiger partial charge in [-0.1, -0.05) is 12.1 Å². The van der Waals surface area contributed by atoms with Gasteiger partial charge in [-0.3, -0.25) is 4.79 Å². The van der Waals surface area contributed by atoms with Gasteiger partial charge < -0.3 is 24.4 Å². The first kappa shape index (κ1) is 19.0. The van der Waals surface area contributed by atoms with Crippen molar-refractivity contribution in [3.8, 4) is 11.5 Å². The molecule has 0 radical (unpaired) electrons. The van der Waals surface area contributed by atoms with Crippen LogP contribution in [0.3, 0.4) is 0 Å². The number of rotatable bonds is 6. The number of carbonyl (C=O) groups is 1. The van der Waals surface area contributed by atoms with Crippen LogP contribution in [0.15, 0.2) is 42.5 Å². The molecule has 1 aliphatic heterocycles. The monoisotopic (exact) mass is 370 g/mol. The van der Waals surface area contributed by atoms with E-state index >= 15 is 0 Å². The molecule has 1 aliphatic rings. The summed E-state index contributed by atoms with van der Waals surface area (Å²) in [6.07, 6.45) is 0.0268. The van der Waals surface area contributed by atoms with Crippen LogP contribution in [0, 0.1) is 0 Å². The molecule has 0 atom stereocenters. The summed E-state index contributed by atoms with van der Waals surface area (Å²) in [5.74, 6) is 0.973. The second-order valence-corrected chi connectivity index (χ2v) is 6.60. The minimum absolute atomic E-state index is 0.0268. The Morgan fingerprint density at radius 2 is 1.85 bits per heavy atom. The van der Waals surface area contributed by atoms with Crippen molar-refractivity contribution in [2.75, 3.05) is 43.6 Å². The minimum Gasteiger partial charge on any atom is -0.493 e. The molecule has 2 aromatic carbocycles. The van der Waals surface area contributed by atoms with Crippen molar-refractivity contribution in [1.82, 2.24) is 0 Å². The zero-order valence-electron chi connectivity index (χ0n) is 16.0. The van der Waals surface area contributed by atoms with Crippen LogP contribution in [-0.4, -0.2) is 45.4 Å². The molecule has 0 aromatic heterocycles. The molecular weight excluding hydrogens is 344 g/mol. The Morgan fingerprint density at radius 3 is 2.56 bits per heavy atom. The highest BCUT2D eigenvalue weighted by Gasteiger charge is 2.17. The van der Waals surface area contributed by atoms with E-state index in [4.69, 9.17) is 14.2 Å². The average molecular weight is 370 g/mol. The van der Waals surface area contributed by atoms with Gasteiger partial charge in [0, 0.05) is 18.7 Å². The Balaban J connectivity index is 1.79. The van der Waals surface area contributed by atoms with E-state index in [0.29, 0.717) is 30.3 Å². The lowest BCUT2D eigenvalue weighted by atomic mass is 10.1. The number of anilines is 2. The van der Waals surface area contributed by atoms with E-state index in [9.17, 15) is 4.79 Å². The minimum atomic E-state index is -0.190. The first-order valence-electron chi connectivity index (χ1n) is 9.16. The van der Waals surface area contributed by atoms with Crippen LogP contribution in [-0.2, 0) is 4.74 Å². The summed E-state index contributed by atoms with van der Waals surface area (Å²) in [5.41, 5.74) is 2.30. The molecule has 0 bridgehead atoms. The fourth-order valence-corrected chi connectivity index (χ4v) is 3.01. The Hall–Kier alpha value is -2.73. The summed E-state index contributed by atoms with van der Waals surface area (Å²) in [6, 6.07) is 13.0. The van der Waals surface area contributed by atoms with Crippen LogP contribution in [0.1, 0.15) is 24.2 Å². The second kappa shape index (κ2) is 8.77. The molecule has 1 saturated heterocycles. The van der Waals surface area contributed by atoms with Crippen molar-refractivity contribution in [2.24, 2.45) is 0 Å². The molecule has 0 saturated carbocycles. The highest BCUT2D eigenvalue weighted by molar-refractivity contribution is 6.06. The third kappa shape index (κ3) is 4.71. The van der Waals surface area contributed by atoms with E-state index in [1.165, 1.54) is 0 Å². The van der Waals surface area contributed by atoms with E-state index in [-0.39, 0.29) is 12.0 Å². The number of amides is 1. The fraction of sp³-hybridized carbons (Fsp3) is 0.381. The SMILES string of the molecule is COc1cc(C(=O)Nc2ccccc2N2CCOCC2)ccc1OC(C)C. The van der Waals surface area contributed by atoms with Crippen molar-refractivity contribution < 1.29 is 19.0 Å². The van der Waals surface area contributed by atoms with Crippen LogP contribution in [0.4, 0.5) is 11.4 Å². The van der Waals surface area contributed by atoms with E-state index in [0.717, 1.165) is 24.5 Å². The van der Waals surface area contributed by atoms with Gasteiger partial charge in [0.15, 0.2) is 11.5 Å². The van der Waals surface area contributed by atoms with Gasteiger partial charge in [-0.25, -0.2) is 0 Å². The molecule has 1 N–H and O–H groups in total. The topological polar surface area (TPSA) is 60.0 Å². The smallest absolute Gasteiger partial charge is 0.255 e. The lowest BCUT2D eigenvalue weighted by Gasteiger charge is -2.30. The van der Waals surface area contributed by atoms with Gasteiger partial charge in [-0.15, -0.1) is 0 Å². The highest BCUT2D eigenvalue weighted by Crippen LogP contribution is 2.30. The second-order valence-electron chi connectivity index (χ2n) is 6.60. The molecule has 144 valence electrons. The predicted molar refractivity (Wildman–Crippen MR) is 106 cm³/mol. The van der Waals surface area contributed by atoms with Gasteiger partial charge in [0.05, 0.1) is 37.8 Å². The van der Waals surface area contributed by atoms with E-state index < -0.39 is 0 Å². The van der Waals surface area contributed by atoms with Gasteiger partial charge in [0.2, 0.25) is 0 Å². The summed E-state index contributed by atoms with van der Waals surface area (Å²) < 4.78 is 16.5. The highest BCUT2D eigenvalue weighted by atomic mass is 16.5. The Bertz CT molecular complexity index is 786. The Morgan fingerprint density at radius 1 is 1.11 bits per heavy atom. The van der Waals surface area contributed by atoms with E-state index in [2.05, 4.69) is 10.2 Å². The number of methoxy groups -OCH3 is 1. The number of para-hydroxylation sites is 2. The van der Waals surface area contributed by atoms with Gasteiger partial charge in [0.1, 0.15) is 0 Å². The number of ether oxygens (including phenoxy) is 3. The van der Waals surface area contributed by atoms with Gasteiger partial charge >= 0.3 is 0 Å². The van der Waals surface area contributed by atoms with Crippen molar-refractivity contribution in [3.05, 3.63) is 48.0 Å². The van der Waals surface area contributed by atoms with Crippen LogP contribution in [0.25, 0.3) is 0 Å². The molecule has 0 aliphatic carbocycles. The number of carbonyl (C=O) groups excluding carboxylic acids is 1. The molecular formula is C21H26N2O4. The summed E-state index contributed by atoms with van der Waals surface area (Å²) in [4.78, 5) is 15.0. The quantitative estimate of drug-likeness (QED) is 0.842. The van der Waals surface area contributed by atoms with Crippen molar-refractivity contribution in [2.45, 2.75) is 20.0 Å². The Kier molecular flexibility index (Phi) is 6.19. The molecule has 3 rings (SSSR count). The van der Waals surface area contributed by atoms with E-state index in [1.54, 1.807) is 25.3 Å². The number of benzene rings is 2. The molecule has 0 unspecified atom stereocenters. The van der Waals surface area contributed by atoms with Crippen LogP contribution in [0.5, 0.6) is 11.5 Å². The molecule has 0 spiro atoms. The number of hydrogen-bond acceptors (Lipinski definition) is 5. The van der Waals surface area contributed by atoms with Gasteiger partial charge in [0.25, 0.3) is 5.91 Å². The number of hydrogen-bond donors (Lipinski definition) is 1. The average Bonchev–Trinajstić information content (AvgIpc) is 2.69. The summed E-state index contributed by atoms with van der Waals surface area (Å²) in [7, 11) is 1.57. The maximum Gasteiger partial charge on any atom is 0.255 e. The standard InChI is InChI=1S/C21H26N2O4/c1-15(2)27-19-9-8-16(14-20(19)25-3)21(24)22-17-6-4-5-7-18(17)23-10-12-26-13-11-23/h4-9,14-15H,10-13H2,1-3H3,(H,22,24).